The molecule has 25 heavy (non-hydrogen) atoms. The predicted octanol–water partition coefficient (Wildman–Crippen LogP) is 2.24. The molecule has 3 heterocycles. The van der Waals surface area contributed by atoms with Crippen LogP contribution in [0.25, 0.3) is 22.6 Å². The van der Waals surface area contributed by atoms with E-state index in [4.69, 9.17) is 9.15 Å². The molecule has 1 aliphatic heterocycles. The number of aromatic nitrogens is 4. The Hall–Kier alpha value is -2.51. The maximum Gasteiger partial charge on any atom is 0.248 e. The maximum atomic E-state index is 5.60. The molecule has 0 amide bonds. The SMILES string of the molecule is Cc1nnc(-c2ccccc2-c2cnn(CCN3CCOCC3)c2)o1. The van der Waals surface area contributed by atoms with Crippen molar-refractivity contribution in [3.63, 3.8) is 0 Å². The molecule has 1 aliphatic rings. The van der Waals surface area contributed by atoms with E-state index in [1.807, 2.05) is 29.1 Å². The van der Waals surface area contributed by atoms with Gasteiger partial charge in [-0.15, -0.1) is 10.2 Å². The second-order valence-corrected chi connectivity index (χ2v) is 6.12. The first kappa shape index (κ1) is 16.0. The molecule has 0 bridgehead atoms. The zero-order chi connectivity index (χ0) is 17.1. The Morgan fingerprint density at radius 2 is 1.84 bits per heavy atom. The van der Waals surface area contributed by atoms with Crippen molar-refractivity contribution in [2.45, 2.75) is 13.5 Å². The Bertz CT molecular complexity index is 835. The van der Waals surface area contributed by atoms with E-state index in [9.17, 15) is 0 Å². The lowest BCUT2D eigenvalue weighted by atomic mass is 10.0. The largest absolute Gasteiger partial charge is 0.421 e. The van der Waals surface area contributed by atoms with Gasteiger partial charge in [0.15, 0.2) is 0 Å². The monoisotopic (exact) mass is 339 g/mol. The van der Waals surface area contributed by atoms with Crippen molar-refractivity contribution >= 4 is 0 Å². The number of hydrogen-bond donors (Lipinski definition) is 0. The highest BCUT2D eigenvalue weighted by atomic mass is 16.5. The van der Waals surface area contributed by atoms with Gasteiger partial charge in [-0.3, -0.25) is 9.58 Å². The first-order chi connectivity index (χ1) is 12.3. The standard InChI is InChI=1S/C18H21N5O2/c1-14-20-21-18(25-14)17-5-3-2-4-16(17)15-12-19-23(13-15)7-6-22-8-10-24-11-9-22/h2-5,12-13H,6-11H2,1H3. The normalized spacial score (nSPS) is 15.6. The zero-order valence-electron chi connectivity index (χ0n) is 14.3. The van der Waals surface area contributed by atoms with Gasteiger partial charge in [0.25, 0.3) is 0 Å². The molecule has 0 atom stereocenters. The van der Waals surface area contributed by atoms with Crippen molar-refractivity contribution in [2.75, 3.05) is 32.8 Å². The molecule has 0 spiro atoms. The number of nitrogens with zero attached hydrogens (tertiary/aromatic N) is 5. The highest BCUT2D eigenvalue weighted by molar-refractivity contribution is 5.79. The molecule has 0 saturated carbocycles. The van der Waals surface area contributed by atoms with Crippen molar-refractivity contribution in [3.05, 3.63) is 42.5 Å². The van der Waals surface area contributed by atoms with Gasteiger partial charge < -0.3 is 9.15 Å². The number of ether oxygens (including phenoxy) is 1. The molecular weight excluding hydrogens is 318 g/mol. The molecule has 1 fully saturated rings. The van der Waals surface area contributed by atoms with E-state index < -0.39 is 0 Å². The Morgan fingerprint density at radius 3 is 2.60 bits per heavy atom. The minimum Gasteiger partial charge on any atom is -0.421 e. The van der Waals surface area contributed by atoms with Crippen molar-refractivity contribution < 1.29 is 9.15 Å². The summed E-state index contributed by atoms with van der Waals surface area (Å²) in [4.78, 5) is 2.40. The molecule has 7 heteroatoms. The smallest absolute Gasteiger partial charge is 0.248 e. The third kappa shape index (κ3) is 3.62. The second kappa shape index (κ2) is 7.16. The molecule has 1 aromatic carbocycles. The quantitative estimate of drug-likeness (QED) is 0.710. The van der Waals surface area contributed by atoms with E-state index in [-0.39, 0.29) is 0 Å². The first-order valence-electron chi connectivity index (χ1n) is 8.52. The van der Waals surface area contributed by atoms with Crippen molar-refractivity contribution in [1.29, 1.82) is 0 Å². The van der Waals surface area contributed by atoms with Crippen LogP contribution in [0.15, 0.2) is 41.1 Å². The lowest BCUT2D eigenvalue weighted by molar-refractivity contribution is 0.0360. The van der Waals surface area contributed by atoms with Gasteiger partial charge in [-0.1, -0.05) is 18.2 Å². The average molecular weight is 339 g/mol. The van der Waals surface area contributed by atoms with Gasteiger partial charge in [0.05, 0.1) is 26.0 Å². The molecule has 0 aliphatic carbocycles. The Kier molecular flexibility index (Phi) is 4.58. The molecule has 130 valence electrons. The van der Waals surface area contributed by atoms with E-state index in [0.29, 0.717) is 11.8 Å². The van der Waals surface area contributed by atoms with Crippen LogP contribution in [0.3, 0.4) is 0 Å². The summed E-state index contributed by atoms with van der Waals surface area (Å²) in [6, 6.07) is 8.03. The molecule has 7 nitrogen and oxygen atoms in total. The van der Waals surface area contributed by atoms with Crippen LogP contribution in [0.5, 0.6) is 0 Å². The van der Waals surface area contributed by atoms with Gasteiger partial charge in [-0.05, 0) is 11.6 Å². The van der Waals surface area contributed by atoms with Crippen molar-refractivity contribution in [3.8, 4) is 22.6 Å². The van der Waals surface area contributed by atoms with Gasteiger partial charge >= 0.3 is 0 Å². The molecule has 2 aromatic heterocycles. The minimum absolute atomic E-state index is 0.536. The van der Waals surface area contributed by atoms with Crippen molar-refractivity contribution in [2.24, 2.45) is 0 Å². The lowest BCUT2D eigenvalue weighted by Gasteiger charge is -2.26. The lowest BCUT2D eigenvalue weighted by Crippen LogP contribution is -2.38. The van der Waals surface area contributed by atoms with Crippen LogP contribution in [0.4, 0.5) is 0 Å². The summed E-state index contributed by atoms with van der Waals surface area (Å²) in [7, 11) is 0. The zero-order valence-corrected chi connectivity index (χ0v) is 14.3. The maximum absolute atomic E-state index is 5.60. The number of rotatable bonds is 5. The predicted molar refractivity (Wildman–Crippen MR) is 93.0 cm³/mol. The molecule has 4 rings (SSSR count). The number of morpholine rings is 1. The summed E-state index contributed by atoms with van der Waals surface area (Å²) in [5.41, 5.74) is 3.02. The highest BCUT2D eigenvalue weighted by Crippen LogP contribution is 2.30. The fourth-order valence-electron chi connectivity index (χ4n) is 3.02. The Balaban J connectivity index is 1.52. The van der Waals surface area contributed by atoms with Crippen LogP contribution in [-0.4, -0.2) is 57.7 Å². The Morgan fingerprint density at radius 1 is 1.04 bits per heavy atom. The minimum atomic E-state index is 0.536. The highest BCUT2D eigenvalue weighted by Gasteiger charge is 2.14. The van der Waals surface area contributed by atoms with E-state index in [2.05, 4.69) is 32.5 Å². The molecule has 0 N–H and O–H groups in total. The van der Waals surface area contributed by atoms with Gasteiger partial charge in [0.1, 0.15) is 0 Å². The summed E-state index contributed by atoms with van der Waals surface area (Å²) in [5.74, 6) is 1.10. The Labute approximate surface area is 146 Å². The second-order valence-electron chi connectivity index (χ2n) is 6.12. The summed E-state index contributed by atoms with van der Waals surface area (Å²) in [5, 5.41) is 12.6. The van der Waals surface area contributed by atoms with Crippen LogP contribution in [-0.2, 0) is 11.3 Å². The van der Waals surface area contributed by atoms with Crippen LogP contribution in [0, 0.1) is 6.92 Å². The van der Waals surface area contributed by atoms with Gasteiger partial charge in [0, 0.05) is 43.9 Å². The third-order valence-electron chi connectivity index (χ3n) is 4.38. The molecular formula is C18H21N5O2. The summed E-state index contributed by atoms with van der Waals surface area (Å²) >= 11 is 0. The third-order valence-corrected chi connectivity index (χ3v) is 4.38. The summed E-state index contributed by atoms with van der Waals surface area (Å²) < 4.78 is 13.0. The number of benzene rings is 1. The van der Waals surface area contributed by atoms with Gasteiger partial charge in [-0.25, -0.2) is 0 Å². The first-order valence-corrected chi connectivity index (χ1v) is 8.52. The molecule has 0 radical (unpaired) electrons. The fourth-order valence-corrected chi connectivity index (χ4v) is 3.02. The topological polar surface area (TPSA) is 69.2 Å². The van der Waals surface area contributed by atoms with Crippen LogP contribution in [0.1, 0.15) is 5.89 Å². The van der Waals surface area contributed by atoms with E-state index in [0.717, 1.165) is 56.1 Å². The van der Waals surface area contributed by atoms with Crippen molar-refractivity contribution in [1.82, 2.24) is 24.9 Å². The van der Waals surface area contributed by atoms with E-state index in [1.165, 1.54) is 0 Å². The molecule has 1 saturated heterocycles. The molecule has 3 aromatic rings. The number of hydrogen-bond acceptors (Lipinski definition) is 6. The van der Waals surface area contributed by atoms with Gasteiger partial charge in [0.2, 0.25) is 11.8 Å². The van der Waals surface area contributed by atoms with Crippen LogP contribution >= 0.6 is 0 Å². The fraction of sp³-hybridized carbons (Fsp3) is 0.389. The number of aryl methyl sites for hydroxylation is 1. The van der Waals surface area contributed by atoms with Crippen LogP contribution in [0.2, 0.25) is 0 Å². The average Bonchev–Trinajstić information content (AvgIpc) is 3.30. The van der Waals surface area contributed by atoms with E-state index in [1.54, 1.807) is 6.92 Å². The van der Waals surface area contributed by atoms with E-state index >= 15 is 0 Å². The summed E-state index contributed by atoms with van der Waals surface area (Å²) in [6.45, 7) is 7.27. The molecule has 0 unspecified atom stereocenters. The van der Waals surface area contributed by atoms with Gasteiger partial charge in [-0.2, -0.15) is 5.10 Å². The summed E-state index contributed by atoms with van der Waals surface area (Å²) in [6.07, 6.45) is 3.96. The van der Waals surface area contributed by atoms with Crippen LogP contribution < -0.4 is 0 Å².